The van der Waals surface area contributed by atoms with E-state index in [9.17, 15) is 0 Å². The third kappa shape index (κ3) is 3.13. The number of rotatable bonds is 6. The number of nitrogens with one attached hydrogen (secondary N) is 1. The van der Waals surface area contributed by atoms with Crippen LogP contribution in [0.3, 0.4) is 0 Å². The van der Waals surface area contributed by atoms with E-state index in [0.717, 1.165) is 35.8 Å². The Bertz CT molecular complexity index is 511. The summed E-state index contributed by atoms with van der Waals surface area (Å²) in [6.45, 7) is 7.53. The first-order chi connectivity index (χ1) is 8.74. The summed E-state index contributed by atoms with van der Waals surface area (Å²) in [4.78, 5) is 10.7. The van der Waals surface area contributed by atoms with Crippen LogP contribution < -0.4 is 0 Å². The molecular weight excluding hydrogens is 270 g/mol. The van der Waals surface area contributed by atoms with Gasteiger partial charge in [0.15, 0.2) is 5.65 Å². The van der Waals surface area contributed by atoms with Gasteiger partial charge in [0.05, 0.1) is 11.6 Å². The molecule has 1 N–H and O–H groups in total. The second-order valence-corrected chi connectivity index (χ2v) is 5.23. The highest BCUT2D eigenvalue weighted by atomic mass is 35.5. The monoisotopic (exact) mass is 285 g/mol. The lowest BCUT2D eigenvalue weighted by molar-refractivity contribution is 0.324. The standard InChI is InChI=1S/C11H16ClN5S/c1-3-17(4-2)5-6-18-10-8-7-13-16-9(8)14-11(12)15-10/h7H,3-6H2,1-2H3,(H,13,14,15,16). The van der Waals surface area contributed by atoms with Gasteiger partial charge in [0.2, 0.25) is 5.28 Å². The summed E-state index contributed by atoms with van der Waals surface area (Å²) in [5.41, 5.74) is 0.695. The van der Waals surface area contributed by atoms with Gasteiger partial charge in [-0.15, -0.1) is 11.8 Å². The van der Waals surface area contributed by atoms with Crippen molar-refractivity contribution in [1.82, 2.24) is 25.1 Å². The Balaban J connectivity index is 2.05. The Hall–Kier alpha value is -0.850. The van der Waals surface area contributed by atoms with Crippen LogP contribution in [0.4, 0.5) is 0 Å². The minimum atomic E-state index is 0.261. The number of fused-ring (bicyclic) bond motifs is 1. The smallest absolute Gasteiger partial charge is 0.225 e. The first-order valence-corrected chi connectivity index (χ1v) is 7.32. The Morgan fingerprint density at radius 1 is 1.33 bits per heavy atom. The summed E-state index contributed by atoms with van der Waals surface area (Å²) >= 11 is 7.57. The zero-order chi connectivity index (χ0) is 13.0. The van der Waals surface area contributed by atoms with Crippen molar-refractivity contribution in [2.24, 2.45) is 0 Å². The summed E-state index contributed by atoms with van der Waals surface area (Å²) in [5.74, 6) is 0.981. The number of halogens is 1. The van der Waals surface area contributed by atoms with Crippen molar-refractivity contribution < 1.29 is 0 Å². The second kappa shape index (κ2) is 6.36. The first kappa shape index (κ1) is 13.6. The quantitative estimate of drug-likeness (QED) is 0.502. The molecule has 0 fully saturated rings. The SMILES string of the molecule is CCN(CC)CCSc1nc(Cl)nc2[nH]ncc12. The van der Waals surface area contributed by atoms with Crippen LogP contribution in [0.1, 0.15) is 13.8 Å². The lowest BCUT2D eigenvalue weighted by Crippen LogP contribution is -2.25. The van der Waals surface area contributed by atoms with E-state index in [0.29, 0.717) is 5.65 Å². The average Bonchev–Trinajstić information content (AvgIpc) is 2.82. The zero-order valence-electron chi connectivity index (χ0n) is 10.5. The molecule has 0 amide bonds. The molecule has 0 bridgehead atoms. The fraction of sp³-hybridized carbons (Fsp3) is 0.545. The molecular formula is C11H16ClN5S. The van der Waals surface area contributed by atoms with E-state index in [1.807, 2.05) is 0 Å². The van der Waals surface area contributed by atoms with Crippen molar-refractivity contribution in [2.45, 2.75) is 18.9 Å². The minimum Gasteiger partial charge on any atom is -0.303 e. The van der Waals surface area contributed by atoms with E-state index < -0.39 is 0 Å². The van der Waals surface area contributed by atoms with Crippen molar-refractivity contribution in [3.63, 3.8) is 0 Å². The minimum absolute atomic E-state index is 0.261. The lowest BCUT2D eigenvalue weighted by Gasteiger charge is -2.17. The highest BCUT2D eigenvalue weighted by molar-refractivity contribution is 7.99. The summed E-state index contributed by atoms with van der Waals surface area (Å²) in [7, 11) is 0. The summed E-state index contributed by atoms with van der Waals surface area (Å²) in [5, 5.41) is 8.87. The number of hydrogen-bond donors (Lipinski definition) is 1. The lowest BCUT2D eigenvalue weighted by atomic mass is 10.4. The Morgan fingerprint density at radius 3 is 2.83 bits per heavy atom. The molecule has 18 heavy (non-hydrogen) atoms. The predicted octanol–water partition coefficient (Wildman–Crippen LogP) is 2.44. The predicted molar refractivity (Wildman–Crippen MR) is 75.2 cm³/mol. The fourth-order valence-corrected chi connectivity index (χ4v) is 2.92. The molecule has 5 nitrogen and oxygen atoms in total. The maximum Gasteiger partial charge on any atom is 0.225 e. The van der Waals surface area contributed by atoms with Gasteiger partial charge in [-0.25, -0.2) is 4.98 Å². The molecule has 2 rings (SSSR count). The third-order valence-corrected chi connectivity index (χ3v) is 3.93. The molecule has 0 atom stereocenters. The number of aromatic amines is 1. The van der Waals surface area contributed by atoms with Crippen molar-refractivity contribution >= 4 is 34.4 Å². The normalized spacial score (nSPS) is 11.6. The highest BCUT2D eigenvalue weighted by Crippen LogP contribution is 2.25. The van der Waals surface area contributed by atoms with Gasteiger partial charge in [-0.05, 0) is 24.7 Å². The van der Waals surface area contributed by atoms with E-state index in [1.54, 1.807) is 18.0 Å². The number of H-pyrrole nitrogens is 1. The van der Waals surface area contributed by atoms with Gasteiger partial charge < -0.3 is 4.90 Å². The van der Waals surface area contributed by atoms with Gasteiger partial charge in [-0.1, -0.05) is 13.8 Å². The molecule has 0 saturated carbocycles. The second-order valence-electron chi connectivity index (χ2n) is 3.81. The van der Waals surface area contributed by atoms with Crippen LogP contribution in [-0.2, 0) is 0 Å². The largest absolute Gasteiger partial charge is 0.303 e. The van der Waals surface area contributed by atoms with Crippen LogP contribution in [0.15, 0.2) is 11.2 Å². The first-order valence-electron chi connectivity index (χ1n) is 5.96. The number of hydrogen-bond acceptors (Lipinski definition) is 5. The van der Waals surface area contributed by atoms with E-state index >= 15 is 0 Å². The van der Waals surface area contributed by atoms with Gasteiger partial charge in [0, 0.05) is 12.3 Å². The van der Waals surface area contributed by atoms with Crippen molar-refractivity contribution in [3.05, 3.63) is 11.5 Å². The van der Waals surface area contributed by atoms with E-state index in [1.165, 1.54) is 0 Å². The molecule has 2 aromatic rings. The molecule has 0 aliphatic heterocycles. The maximum absolute atomic E-state index is 5.88. The molecule has 0 spiro atoms. The van der Waals surface area contributed by atoms with Crippen LogP contribution in [-0.4, -0.2) is 50.5 Å². The molecule has 98 valence electrons. The Kier molecular flexibility index (Phi) is 4.79. The molecule has 2 aromatic heterocycles. The molecule has 7 heteroatoms. The van der Waals surface area contributed by atoms with Crippen molar-refractivity contribution in [2.75, 3.05) is 25.4 Å². The van der Waals surface area contributed by atoms with Gasteiger partial charge >= 0.3 is 0 Å². The van der Waals surface area contributed by atoms with Crippen LogP contribution in [0, 0.1) is 0 Å². The fourth-order valence-electron chi connectivity index (χ4n) is 1.70. The molecule has 0 radical (unpaired) electrons. The summed E-state index contributed by atoms with van der Waals surface area (Å²) < 4.78 is 0. The Morgan fingerprint density at radius 2 is 2.11 bits per heavy atom. The van der Waals surface area contributed by atoms with Crippen molar-refractivity contribution in [1.29, 1.82) is 0 Å². The molecule has 0 saturated heterocycles. The number of nitrogens with zero attached hydrogens (tertiary/aromatic N) is 4. The molecule has 0 unspecified atom stereocenters. The van der Waals surface area contributed by atoms with Crippen LogP contribution in [0.25, 0.3) is 11.0 Å². The van der Waals surface area contributed by atoms with Gasteiger partial charge in [-0.2, -0.15) is 10.1 Å². The average molecular weight is 286 g/mol. The Labute approximate surface area is 115 Å². The maximum atomic E-state index is 5.88. The highest BCUT2D eigenvalue weighted by Gasteiger charge is 2.09. The van der Waals surface area contributed by atoms with Crippen LogP contribution in [0.2, 0.25) is 5.28 Å². The summed E-state index contributed by atoms with van der Waals surface area (Å²) in [6.07, 6.45) is 1.74. The number of thioether (sulfide) groups is 1. The summed E-state index contributed by atoms with van der Waals surface area (Å²) in [6, 6.07) is 0. The van der Waals surface area contributed by atoms with Gasteiger partial charge in [-0.3, -0.25) is 5.10 Å². The van der Waals surface area contributed by atoms with E-state index in [-0.39, 0.29) is 5.28 Å². The molecule has 0 aromatic carbocycles. The van der Waals surface area contributed by atoms with Crippen LogP contribution in [0.5, 0.6) is 0 Å². The van der Waals surface area contributed by atoms with E-state index in [4.69, 9.17) is 11.6 Å². The third-order valence-electron chi connectivity index (χ3n) is 2.79. The molecule has 0 aliphatic rings. The zero-order valence-corrected chi connectivity index (χ0v) is 12.1. The van der Waals surface area contributed by atoms with Crippen LogP contribution >= 0.6 is 23.4 Å². The van der Waals surface area contributed by atoms with Gasteiger partial charge in [0.25, 0.3) is 0 Å². The molecule has 0 aliphatic carbocycles. The number of aromatic nitrogens is 4. The van der Waals surface area contributed by atoms with Crippen molar-refractivity contribution in [3.8, 4) is 0 Å². The van der Waals surface area contributed by atoms with Gasteiger partial charge in [0.1, 0.15) is 5.03 Å². The topological polar surface area (TPSA) is 57.7 Å². The molecule has 2 heterocycles. The van der Waals surface area contributed by atoms with E-state index in [2.05, 4.69) is 38.9 Å².